The molecule has 12 heavy (non-hydrogen) atoms. The SMILES string of the molecule is CCC(O)CSc1ccccc1. The van der Waals surface area contributed by atoms with Crippen LogP contribution in [0.2, 0.25) is 0 Å². The highest BCUT2D eigenvalue weighted by Crippen LogP contribution is 2.18. The second-order valence-electron chi connectivity index (χ2n) is 2.69. The van der Waals surface area contributed by atoms with E-state index in [-0.39, 0.29) is 6.10 Å². The Hall–Kier alpha value is -0.470. The predicted octanol–water partition coefficient (Wildman–Crippen LogP) is 2.55. The molecule has 0 saturated carbocycles. The Kier molecular flexibility index (Phi) is 4.19. The van der Waals surface area contributed by atoms with Gasteiger partial charge >= 0.3 is 0 Å². The minimum Gasteiger partial charge on any atom is -0.392 e. The molecule has 0 saturated heterocycles. The number of hydrogen-bond acceptors (Lipinski definition) is 2. The molecule has 0 amide bonds. The molecule has 0 aliphatic rings. The molecule has 66 valence electrons. The van der Waals surface area contributed by atoms with Gasteiger partial charge in [0.25, 0.3) is 0 Å². The molecule has 2 heteroatoms. The first-order valence-corrected chi connectivity index (χ1v) is 5.17. The van der Waals surface area contributed by atoms with Crippen molar-refractivity contribution in [2.24, 2.45) is 0 Å². The van der Waals surface area contributed by atoms with Crippen LogP contribution in [0.1, 0.15) is 13.3 Å². The molecule has 1 atom stereocenters. The Bertz CT molecular complexity index is 210. The molecule has 1 aromatic carbocycles. The molecule has 0 spiro atoms. The quantitative estimate of drug-likeness (QED) is 0.722. The van der Waals surface area contributed by atoms with Crippen molar-refractivity contribution >= 4 is 11.8 Å². The van der Waals surface area contributed by atoms with Crippen LogP contribution in [0.5, 0.6) is 0 Å². The maximum atomic E-state index is 9.30. The Morgan fingerprint density at radius 1 is 1.33 bits per heavy atom. The third-order valence-corrected chi connectivity index (χ3v) is 2.81. The lowest BCUT2D eigenvalue weighted by Gasteiger charge is -2.06. The molecule has 0 heterocycles. The van der Waals surface area contributed by atoms with Crippen molar-refractivity contribution < 1.29 is 5.11 Å². The number of aliphatic hydroxyl groups is 1. The zero-order valence-electron chi connectivity index (χ0n) is 7.23. The topological polar surface area (TPSA) is 20.2 Å². The maximum absolute atomic E-state index is 9.30. The average molecular weight is 182 g/mol. The van der Waals surface area contributed by atoms with Gasteiger partial charge in [-0.1, -0.05) is 25.1 Å². The fourth-order valence-electron chi connectivity index (χ4n) is 0.827. The smallest absolute Gasteiger partial charge is 0.0631 e. The van der Waals surface area contributed by atoms with Crippen molar-refractivity contribution in [2.75, 3.05) is 5.75 Å². The summed E-state index contributed by atoms with van der Waals surface area (Å²) in [5, 5.41) is 9.30. The minimum absolute atomic E-state index is 0.171. The van der Waals surface area contributed by atoms with Gasteiger partial charge < -0.3 is 5.11 Å². The van der Waals surface area contributed by atoms with Crippen molar-refractivity contribution in [3.05, 3.63) is 30.3 Å². The highest BCUT2D eigenvalue weighted by atomic mass is 32.2. The highest BCUT2D eigenvalue weighted by molar-refractivity contribution is 7.99. The average Bonchev–Trinajstić information content (AvgIpc) is 2.16. The fourth-order valence-corrected chi connectivity index (χ4v) is 1.80. The molecule has 1 rings (SSSR count). The van der Waals surface area contributed by atoms with Crippen LogP contribution in [-0.2, 0) is 0 Å². The van der Waals surface area contributed by atoms with E-state index in [9.17, 15) is 5.11 Å². The van der Waals surface area contributed by atoms with Gasteiger partial charge in [-0.2, -0.15) is 0 Å². The van der Waals surface area contributed by atoms with Crippen LogP contribution < -0.4 is 0 Å². The van der Waals surface area contributed by atoms with Crippen LogP contribution in [0.25, 0.3) is 0 Å². The monoisotopic (exact) mass is 182 g/mol. The molecule has 1 N–H and O–H groups in total. The summed E-state index contributed by atoms with van der Waals surface area (Å²) >= 11 is 1.70. The third-order valence-electron chi connectivity index (χ3n) is 1.66. The van der Waals surface area contributed by atoms with Gasteiger partial charge in [-0.3, -0.25) is 0 Å². The first kappa shape index (κ1) is 9.62. The van der Waals surface area contributed by atoms with E-state index in [1.807, 2.05) is 25.1 Å². The van der Waals surface area contributed by atoms with Crippen molar-refractivity contribution in [1.29, 1.82) is 0 Å². The van der Waals surface area contributed by atoms with Gasteiger partial charge in [-0.05, 0) is 18.6 Å². The molecule has 1 aromatic rings. The second kappa shape index (κ2) is 5.22. The van der Waals surface area contributed by atoms with Crippen LogP contribution >= 0.6 is 11.8 Å². The van der Waals surface area contributed by atoms with Crippen LogP contribution in [0, 0.1) is 0 Å². The maximum Gasteiger partial charge on any atom is 0.0631 e. The Balaban J connectivity index is 2.33. The largest absolute Gasteiger partial charge is 0.392 e. The molecule has 0 fully saturated rings. The molecule has 0 aliphatic heterocycles. The summed E-state index contributed by atoms with van der Waals surface area (Å²) in [4.78, 5) is 1.23. The lowest BCUT2D eigenvalue weighted by Crippen LogP contribution is -2.06. The number of hydrogen-bond donors (Lipinski definition) is 1. The second-order valence-corrected chi connectivity index (χ2v) is 3.78. The minimum atomic E-state index is -0.171. The van der Waals surface area contributed by atoms with Gasteiger partial charge in [0, 0.05) is 10.6 Å². The number of rotatable bonds is 4. The van der Waals surface area contributed by atoms with Crippen molar-refractivity contribution in [3.63, 3.8) is 0 Å². The molecule has 0 aliphatic carbocycles. The number of aliphatic hydroxyl groups excluding tert-OH is 1. The molecular formula is C10H14OS. The van der Waals surface area contributed by atoms with Gasteiger partial charge in [0.05, 0.1) is 6.10 Å². The predicted molar refractivity (Wildman–Crippen MR) is 53.5 cm³/mol. The summed E-state index contributed by atoms with van der Waals surface area (Å²) in [5.41, 5.74) is 0. The summed E-state index contributed by atoms with van der Waals surface area (Å²) in [6.07, 6.45) is 0.662. The lowest BCUT2D eigenvalue weighted by molar-refractivity contribution is 0.195. The van der Waals surface area contributed by atoms with E-state index in [1.54, 1.807) is 11.8 Å². The van der Waals surface area contributed by atoms with E-state index in [0.717, 1.165) is 12.2 Å². The third kappa shape index (κ3) is 3.28. The summed E-state index contributed by atoms with van der Waals surface area (Å²) in [6, 6.07) is 10.2. The highest BCUT2D eigenvalue weighted by Gasteiger charge is 2.00. The molecule has 0 aromatic heterocycles. The van der Waals surface area contributed by atoms with E-state index in [1.165, 1.54) is 4.90 Å². The first-order valence-electron chi connectivity index (χ1n) is 4.19. The van der Waals surface area contributed by atoms with E-state index in [4.69, 9.17) is 0 Å². The molecule has 0 radical (unpaired) electrons. The van der Waals surface area contributed by atoms with Gasteiger partial charge in [-0.15, -0.1) is 11.8 Å². The Morgan fingerprint density at radius 3 is 2.58 bits per heavy atom. The van der Waals surface area contributed by atoms with Crippen molar-refractivity contribution in [2.45, 2.75) is 24.3 Å². The summed E-state index contributed by atoms with van der Waals surface area (Å²) < 4.78 is 0. The Labute approximate surface area is 77.8 Å². The lowest BCUT2D eigenvalue weighted by atomic mass is 10.3. The number of thioether (sulfide) groups is 1. The molecular weight excluding hydrogens is 168 g/mol. The Morgan fingerprint density at radius 2 is 2.00 bits per heavy atom. The van der Waals surface area contributed by atoms with Gasteiger partial charge in [0.15, 0.2) is 0 Å². The van der Waals surface area contributed by atoms with Crippen LogP contribution in [-0.4, -0.2) is 17.0 Å². The normalized spacial score (nSPS) is 12.8. The van der Waals surface area contributed by atoms with Gasteiger partial charge in [-0.25, -0.2) is 0 Å². The summed E-state index contributed by atoms with van der Waals surface area (Å²) in [5.74, 6) is 0.792. The van der Waals surface area contributed by atoms with Crippen molar-refractivity contribution in [3.8, 4) is 0 Å². The zero-order valence-corrected chi connectivity index (χ0v) is 8.05. The summed E-state index contributed by atoms with van der Waals surface area (Å²) in [6.45, 7) is 2.00. The van der Waals surface area contributed by atoms with E-state index in [0.29, 0.717) is 0 Å². The van der Waals surface area contributed by atoms with Gasteiger partial charge in [0.1, 0.15) is 0 Å². The van der Waals surface area contributed by atoms with E-state index in [2.05, 4.69) is 12.1 Å². The molecule has 0 bridgehead atoms. The fraction of sp³-hybridized carbons (Fsp3) is 0.400. The van der Waals surface area contributed by atoms with Crippen LogP contribution in [0.3, 0.4) is 0 Å². The summed E-state index contributed by atoms with van der Waals surface area (Å²) in [7, 11) is 0. The van der Waals surface area contributed by atoms with Crippen LogP contribution in [0.15, 0.2) is 35.2 Å². The first-order chi connectivity index (χ1) is 5.83. The number of benzene rings is 1. The molecule has 1 nitrogen and oxygen atoms in total. The zero-order chi connectivity index (χ0) is 8.81. The van der Waals surface area contributed by atoms with E-state index < -0.39 is 0 Å². The van der Waals surface area contributed by atoms with Crippen molar-refractivity contribution in [1.82, 2.24) is 0 Å². The van der Waals surface area contributed by atoms with E-state index >= 15 is 0 Å². The van der Waals surface area contributed by atoms with Crippen LogP contribution in [0.4, 0.5) is 0 Å². The standard InChI is InChI=1S/C10H14OS/c1-2-9(11)8-12-10-6-4-3-5-7-10/h3-7,9,11H,2,8H2,1H3. The molecule has 1 unspecified atom stereocenters. The van der Waals surface area contributed by atoms with Gasteiger partial charge in [0.2, 0.25) is 0 Å².